The Labute approximate surface area is 112 Å². The highest BCUT2D eigenvalue weighted by Crippen LogP contribution is 2.47. The molecule has 0 nitrogen and oxygen atoms in total. The summed E-state index contributed by atoms with van der Waals surface area (Å²) in [5, 5.41) is 0. The van der Waals surface area contributed by atoms with E-state index in [1.165, 1.54) is 44.9 Å². The summed E-state index contributed by atoms with van der Waals surface area (Å²) in [5.74, 6) is 3.99. The average Bonchev–Trinajstić information content (AvgIpc) is 2.47. The number of benzene rings is 1. The fourth-order valence-corrected chi connectivity index (χ4v) is 4.39. The Morgan fingerprint density at radius 3 is 2.39 bits per heavy atom. The predicted octanol–water partition coefficient (Wildman–Crippen LogP) is 5.40. The molecular formula is C18H26. The van der Waals surface area contributed by atoms with Crippen LogP contribution in [0, 0.1) is 17.8 Å². The van der Waals surface area contributed by atoms with Gasteiger partial charge < -0.3 is 0 Å². The van der Waals surface area contributed by atoms with Gasteiger partial charge >= 0.3 is 0 Å². The van der Waals surface area contributed by atoms with Gasteiger partial charge in [0.1, 0.15) is 0 Å². The van der Waals surface area contributed by atoms with Gasteiger partial charge in [0.05, 0.1) is 0 Å². The van der Waals surface area contributed by atoms with Crippen LogP contribution in [0.2, 0.25) is 0 Å². The Bertz CT molecular complexity index is 367. The van der Waals surface area contributed by atoms with Crippen molar-refractivity contribution in [2.75, 3.05) is 0 Å². The Kier molecular flexibility index (Phi) is 3.72. The van der Waals surface area contributed by atoms with Crippen molar-refractivity contribution in [1.29, 1.82) is 0 Å². The molecule has 3 rings (SSSR count). The highest BCUT2D eigenvalue weighted by molar-refractivity contribution is 5.20. The summed E-state index contributed by atoms with van der Waals surface area (Å²) in [6.45, 7) is 2.38. The Balaban J connectivity index is 1.65. The molecule has 0 heterocycles. The highest BCUT2D eigenvalue weighted by atomic mass is 14.4. The SMILES string of the molecule is CC[C@H]1CC[C@@H]2C[C@H](c3ccccc3)CC[C@H]2C1. The zero-order chi connectivity index (χ0) is 12.4. The summed E-state index contributed by atoms with van der Waals surface area (Å²) in [7, 11) is 0. The number of fused-ring (bicyclic) bond motifs is 1. The molecule has 2 aliphatic rings. The van der Waals surface area contributed by atoms with Crippen LogP contribution in [0.15, 0.2) is 30.3 Å². The fourth-order valence-electron chi connectivity index (χ4n) is 4.39. The minimum atomic E-state index is 0.852. The van der Waals surface area contributed by atoms with E-state index in [0.29, 0.717) is 0 Å². The van der Waals surface area contributed by atoms with Gasteiger partial charge in [-0.05, 0) is 61.3 Å². The van der Waals surface area contributed by atoms with Crippen LogP contribution in [0.25, 0.3) is 0 Å². The van der Waals surface area contributed by atoms with Crippen LogP contribution in [-0.4, -0.2) is 0 Å². The first-order chi connectivity index (χ1) is 8.86. The van der Waals surface area contributed by atoms with Crippen molar-refractivity contribution in [2.45, 2.75) is 57.8 Å². The monoisotopic (exact) mass is 242 g/mol. The van der Waals surface area contributed by atoms with Crippen LogP contribution in [0.3, 0.4) is 0 Å². The maximum atomic E-state index is 2.38. The van der Waals surface area contributed by atoms with E-state index >= 15 is 0 Å². The third-order valence-electron chi connectivity index (χ3n) is 5.57. The molecule has 98 valence electrons. The van der Waals surface area contributed by atoms with Crippen LogP contribution >= 0.6 is 0 Å². The predicted molar refractivity (Wildman–Crippen MR) is 77.6 cm³/mol. The minimum Gasteiger partial charge on any atom is -0.0651 e. The molecule has 0 spiro atoms. The molecule has 0 bridgehead atoms. The Morgan fingerprint density at radius 1 is 0.889 bits per heavy atom. The first kappa shape index (κ1) is 12.3. The second kappa shape index (κ2) is 5.47. The van der Waals surface area contributed by atoms with Gasteiger partial charge in [-0.2, -0.15) is 0 Å². The maximum Gasteiger partial charge on any atom is -0.0159 e. The van der Waals surface area contributed by atoms with Gasteiger partial charge in [0.15, 0.2) is 0 Å². The molecule has 2 saturated carbocycles. The van der Waals surface area contributed by atoms with Crippen LogP contribution in [-0.2, 0) is 0 Å². The number of hydrogen-bond donors (Lipinski definition) is 0. The smallest absolute Gasteiger partial charge is 0.0159 e. The number of rotatable bonds is 2. The van der Waals surface area contributed by atoms with E-state index in [0.717, 1.165) is 23.7 Å². The standard InChI is InChI=1S/C18H26/c1-2-14-8-9-18-13-17(11-10-16(18)12-14)15-6-4-3-5-7-15/h3-7,14,16-18H,2,8-13H2,1H3/t14-,16-,17+,18+/m0/s1. The molecule has 4 atom stereocenters. The molecule has 2 aliphatic carbocycles. The van der Waals surface area contributed by atoms with E-state index in [1.807, 2.05) is 0 Å². The van der Waals surface area contributed by atoms with Crippen LogP contribution in [0.4, 0.5) is 0 Å². The molecule has 0 unspecified atom stereocenters. The summed E-state index contributed by atoms with van der Waals surface area (Å²) >= 11 is 0. The first-order valence-corrected chi connectivity index (χ1v) is 7.91. The van der Waals surface area contributed by atoms with Crippen molar-refractivity contribution in [1.82, 2.24) is 0 Å². The maximum absolute atomic E-state index is 2.38. The molecule has 18 heavy (non-hydrogen) atoms. The molecule has 2 fully saturated rings. The van der Waals surface area contributed by atoms with Crippen molar-refractivity contribution >= 4 is 0 Å². The van der Waals surface area contributed by atoms with Gasteiger partial charge in [-0.15, -0.1) is 0 Å². The molecule has 0 heteroatoms. The summed E-state index contributed by atoms with van der Waals surface area (Å²) in [5.41, 5.74) is 1.59. The second-order valence-electron chi connectivity index (χ2n) is 6.53. The lowest BCUT2D eigenvalue weighted by atomic mass is 9.63. The lowest BCUT2D eigenvalue weighted by Gasteiger charge is -2.42. The molecular weight excluding hydrogens is 216 g/mol. The van der Waals surface area contributed by atoms with Gasteiger partial charge in [-0.25, -0.2) is 0 Å². The number of hydrogen-bond acceptors (Lipinski definition) is 0. The molecule has 0 amide bonds. The van der Waals surface area contributed by atoms with Crippen LogP contribution in [0.5, 0.6) is 0 Å². The molecule has 0 saturated heterocycles. The summed E-state index contributed by atoms with van der Waals surface area (Å²) < 4.78 is 0. The lowest BCUT2D eigenvalue weighted by molar-refractivity contribution is 0.116. The van der Waals surface area contributed by atoms with Gasteiger partial charge in [-0.3, -0.25) is 0 Å². The van der Waals surface area contributed by atoms with Crippen molar-refractivity contribution in [3.63, 3.8) is 0 Å². The average molecular weight is 242 g/mol. The van der Waals surface area contributed by atoms with E-state index in [1.54, 1.807) is 5.56 Å². The van der Waals surface area contributed by atoms with Gasteiger partial charge in [-0.1, -0.05) is 50.1 Å². The van der Waals surface area contributed by atoms with E-state index in [-0.39, 0.29) is 0 Å². The minimum absolute atomic E-state index is 0.852. The van der Waals surface area contributed by atoms with Crippen LogP contribution < -0.4 is 0 Å². The summed E-state index contributed by atoms with van der Waals surface area (Å²) in [6, 6.07) is 11.2. The van der Waals surface area contributed by atoms with E-state index in [4.69, 9.17) is 0 Å². The second-order valence-corrected chi connectivity index (χ2v) is 6.53. The fraction of sp³-hybridized carbons (Fsp3) is 0.667. The van der Waals surface area contributed by atoms with Crippen LogP contribution in [0.1, 0.15) is 63.4 Å². The molecule has 0 aliphatic heterocycles. The van der Waals surface area contributed by atoms with Gasteiger partial charge in [0.2, 0.25) is 0 Å². The van der Waals surface area contributed by atoms with Gasteiger partial charge in [0, 0.05) is 0 Å². The first-order valence-electron chi connectivity index (χ1n) is 7.91. The van der Waals surface area contributed by atoms with E-state index < -0.39 is 0 Å². The molecule has 0 radical (unpaired) electrons. The van der Waals surface area contributed by atoms with E-state index in [9.17, 15) is 0 Å². The molecule has 0 aromatic heterocycles. The molecule has 1 aromatic rings. The van der Waals surface area contributed by atoms with Crippen molar-refractivity contribution in [3.05, 3.63) is 35.9 Å². The Hall–Kier alpha value is -0.780. The third-order valence-corrected chi connectivity index (χ3v) is 5.57. The zero-order valence-electron chi connectivity index (χ0n) is 11.6. The van der Waals surface area contributed by atoms with Crippen molar-refractivity contribution in [3.8, 4) is 0 Å². The zero-order valence-corrected chi connectivity index (χ0v) is 11.6. The summed E-state index contributed by atoms with van der Waals surface area (Å²) in [6.07, 6.45) is 10.3. The highest BCUT2D eigenvalue weighted by Gasteiger charge is 2.35. The van der Waals surface area contributed by atoms with Gasteiger partial charge in [0.25, 0.3) is 0 Å². The molecule has 0 N–H and O–H groups in total. The summed E-state index contributed by atoms with van der Waals surface area (Å²) in [4.78, 5) is 0. The Morgan fingerprint density at radius 2 is 1.61 bits per heavy atom. The third kappa shape index (κ3) is 2.48. The normalized spacial score (nSPS) is 36.1. The lowest BCUT2D eigenvalue weighted by Crippen LogP contribution is -2.30. The van der Waals surface area contributed by atoms with Crippen molar-refractivity contribution < 1.29 is 0 Å². The quantitative estimate of drug-likeness (QED) is 0.651. The van der Waals surface area contributed by atoms with Crippen molar-refractivity contribution in [2.24, 2.45) is 17.8 Å². The largest absolute Gasteiger partial charge is 0.0651 e. The topological polar surface area (TPSA) is 0 Å². The molecule has 1 aromatic carbocycles. The van der Waals surface area contributed by atoms with E-state index in [2.05, 4.69) is 37.3 Å².